The third kappa shape index (κ3) is 2.25. The van der Waals surface area contributed by atoms with Crippen LogP contribution >= 0.6 is 28.3 Å². The highest BCUT2D eigenvalue weighted by Crippen LogP contribution is 2.18. The van der Waals surface area contributed by atoms with Gasteiger partial charge in [-0.2, -0.15) is 0 Å². The fourth-order valence-electron chi connectivity index (χ4n) is 1.38. The van der Waals surface area contributed by atoms with Gasteiger partial charge >= 0.3 is 5.76 Å². The molecule has 0 unspecified atom stereocenters. The van der Waals surface area contributed by atoms with E-state index in [-0.39, 0.29) is 18.2 Å². The first kappa shape index (κ1) is 12.3. The molecule has 1 aromatic carbocycles. The predicted octanol–water partition coefficient (Wildman–Crippen LogP) is 1.74. The van der Waals surface area contributed by atoms with Gasteiger partial charge in [-0.05, 0) is 18.2 Å². The Balaban J connectivity index is 0.00000112. The molecule has 0 saturated carbocycles. The zero-order chi connectivity index (χ0) is 10.1. The van der Waals surface area contributed by atoms with Gasteiger partial charge < -0.3 is 10.2 Å². The van der Waals surface area contributed by atoms with E-state index in [1.807, 2.05) is 12.1 Å². The molecule has 0 bridgehead atoms. The Morgan fingerprint density at radius 1 is 1.47 bits per heavy atom. The lowest BCUT2D eigenvalue weighted by Crippen LogP contribution is -2.19. The summed E-state index contributed by atoms with van der Waals surface area (Å²) < 4.78 is 7.47. The van der Waals surface area contributed by atoms with Crippen LogP contribution in [0, 0.1) is 0 Å². The summed E-state index contributed by atoms with van der Waals surface area (Å²) in [4.78, 5) is 11.4. The van der Waals surface area contributed by atoms with Crippen molar-refractivity contribution in [1.82, 2.24) is 4.57 Å². The van der Waals surface area contributed by atoms with Gasteiger partial charge in [0.2, 0.25) is 0 Å². The van der Waals surface area contributed by atoms with Crippen molar-refractivity contribution in [3.05, 3.63) is 33.2 Å². The number of nitrogens with zero attached hydrogens (tertiary/aromatic N) is 1. The number of aromatic nitrogens is 1. The van der Waals surface area contributed by atoms with Crippen molar-refractivity contribution in [3.63, 3.8) is 0 Å². The Morgan fingerprint density at radius 3 is 2.87 bits per heavy atom. The molecule has 2 rings (SSSR count). The minimum absolute atomic E-state index is 0. The Morgan fingerprint density at radius 2 is 2.20 bits per heavy atom. The number of benzene rings is 1. The summed E-state index contributed by atoms with van der Waals surface area (Å²) in [5.41, 5.74) is 6.76. The molecule has 2 aromatic rings. The van der Waals surface area contributed by atoms with Crippen LogP contribution in [0.25, 0.3) is 11.1 Å². The fourth-order valence-corrected chi connectivity index (χ4v) is 1.72. The van der Waals surface area contributed by atoms with Gasteiger partial charge in [-0.3, -0.25) is 4.57 Å². The zero-order valence-corrected chi connectivity index (χ0v) is 10.2. The third-order valence-electron chi connectivity index (χ3n) is 1.98. The number of hydrogen-bond acceptors (Lipinski definition) is 3. The maximum Gasteiger partial charge on any atom is 0.419 e. The zero-order valence-electron chi connectivity index (χ0n) is 7.77. The quantitative estimate of drug-likeness (QED) is 0.917. The number of hydrogen-bond donors (Lipinski definition) is 1. The van der Waals surface area contributed by atoms with Crippen LogP contribution in [-0.2, 0) is 6.54 Å². The minimum atomic E-state index is -0.358. The fraction of sp³-hybridized carbons (Fsp3) is 0.222. The topological polar surface area (TPSA) is 61.2 Å². The first-order valence-corrected chi connectivity index (χ1v) is 5.00. The summed E-state index contributed by atoms with van der Waals surface area (Å²) in [5.74, 6) is -0.358. The van der Waals surface area contributed by atoms with Crippen molar-refractivity contribution in [2.24, 2.45) is 5.73 Å². The molecular weight excluding hydrogens is 283 g/mol. The van der Waals surface area contributed by atoms with E-state index >= 15 is 0 Å². The monoisotopic (exact) mass is 292 g/mol. The molecule has 0 radical (unpaired) electrons. The number of fused-ring (bicyclic) bond motifs is 1. The molecule has 2 N–H and O–H groups in total. The number of oxazole rings is 1. The van der Waals surface area contributed by atoms with Crippen LogP contribution in [-0.4, -0.2) is 11.1 Å². The lowest BCUT2D eigenvalue weighted by Gasteiger charge is -1.97. The highest BCUT2D eigenvalue weighted by atomic mass is 79.9. The van der Waals surface area contributed by atoms with Gasteiger partial charge in [0.25, 0.3) is 0 Å². The molecule has 0 spiro atoms. The second-order valence-electron chi connectivity index (χ2n) is 2.92. The molecule has 82 valence electrons. The molecule has 4 nitrogen and oxygen atoms in total. The molecular formula is C9H10BrClN2O2. The Labute approximate surface area is 101 Å². The molecule has 0 fully saturated rings. The van der Waals surface area contributed by atoms with E-state index in [9.17, 15) is 4.79 Å². The molecule has 0 aliphatic carbocycles. The molecule has 15 heavy (non-hydrogen) atoms. The predicted molar refractivity (Wildman–Crippen MR) is 64.5 cm³/mol. The average molecular weight is 294 g/mol. The van der Waals surface area contributed by atoms with Gasteiger partial charge in [-0.15, -0.1) is 12.4 Å². The molecule has 0 amide bonds. The standard InChI is InChI=1S/C9H9BrN2O2.ClH/c10-6-1-2-7-8(5-6)14-9(13)12(7)4-3-11;/h1-2,5H,3-4,11H2;1H. The third-order valence-corrected chi connectivity index (χ3v) is 2.48. The molecule has 0 aliphatic heterocycles. The Bertz CT molecular complexity index is 520. The van der Waals surface area contributed by atoms with Crippen LogP contribution < -0.4 is 11.5 Å². The minimum Gasteiger partial charge on any atom is -0.408 e. The highest BCUT2D eigenvalue weighted by Gasteiger charge is 2.07. The van der Waals surface area contributed by atoms with Crippen molar-refractivity contribution in [2.45, 2.75) is 6.54 Å². The highest BCUT2D eigenvalue weighted by molar-refractivity contribution is 9.10. The largest absolute Gasteiger partial charge is 0.419 e. The van der Waals surface area contributed by atoms with Gasteiger partial charge in [-0.25, -0.2) is 4.79 Å². The Hall–Kier alpha value is -0.780. The first-order valence-electron chi connectivity index (χ1n) is 4.21. The lowest BCUT2D eigenvalue weighted by molar-refractivity contribution is 0.507. The molecule has 1 aromatic heterocycles. The van der Waals surface area contributed by atoms with Crippen molar-refractivity contribution in [3.8, 4) is 0 Å². The molecule has 0 saturated heterocycles. The first-order chi connectivity index (χ1) is 6.72. The number of rotatable bonds is 2. The lowest BCUT2D eigenvalue weighted by atomic mass is 10.3. The summed E-state index contributed by atoms with van der Waals surface area (Å²) in [6.45, 7) is 0.901. The molecule has 0 atom stereocenters. The van der Waals surface area contributed by atoms with Crippen LogP contribution in [0.3, 0.4) is 0 Å². The maximum absolute atomic E-state index is 11.4. The van der Waals surface area contributed by atoms with Crippen LogP contribution in [0.15, 0.2) is 31.9 Å². The molecule has 1 heterocycles. The van der Waals surface area contributed by atoms with Gasteiger partial charge in [0, 0.05) is 17.6 Å². The summed E-state index contributed by atoms with van der Waals surface area (Å²) in [6, 6.07) is 5.47. The average Bonchev–Trinajstić information content (AvgIpc) is 2.43. The smallest absolute Gasteiger partial charge is 0.408 e. The van der Waals surface area contributed by atoms with E-state index < -0.39 is 0 Å². The van der Waals surface area contributed by atoms with Gasteiger partial charge in [0.1, 0.15) is 0 Å². The van der Waals surface area contributed by atoms with Gasteiger partial charge in [0.15, 0.2) is 5.58 Å². The second-order valence-corrected chi connectivity index (χ2v) is 3.84. The maximum atomic E-state index is 11.4. The van der Waals surface area contributed by atoms with Crippen LogP contribution in [0.4, 0.5) is 0 Å². The van der Waals surface area contributed by atoms with E-state index in [4.69, 9.17) is 10.2 Å². The summed E-state index contributed by atoms with van der Waals surface area (Å²) in [5, 5.41) is 0. The van der Waals surface area contributed by atoms with Crippen LogP contribution in [0.2, 0.25) is 0 Å². The van der Waals surface area contributed by atoms with Crippen molar-refractivity contribution >= 4 is 39.4 Å². The summed E-state index contributed by atoms with van der Waals surface area (Å²) >= 11 is 3.31. The van der Waals surface area contributed by atoms with Crippen molar-refractivity contribution < 1.29 is 4.42 Å². The number of halogens is 2. The Kier molecular flexibility index (Phi) is 3.96. The van der Waals surface area contributed by atoms with Gasteiger partial charge in [-0.1, -0.05) is 15.9 Å². The van der Waals surface area contributed by atoms with E-state index in [1.165, 1.54) is 4.57 Å². The SMILES string of the molecule is Cl.NCCn1c(=O)oc2cc(Br)ccc21. The normalized spacial score (nSPS) is 10.3. The second kappa shape index (κ2) is 4.83. The van der Waals surface area contributed by atoms with Crippen LogP contribution in [0.5, 0.6) is 0 Å². The van der Waals surface area contributed by atoms with Gasteiger partial charge in [0.05, 0.1) is 5.52 Å². The summed E-state index contributed by atoms with van der Waals surface area (Å²) in [7, 11) is 0. The van der Waals surface area contributed by atoms with E-state index in [0.717, 1.165) is 9.99 Å². The molecule has 6 heteroatoms. The van der Waals surface area contributed by atoms with E-state index in [1.54, 1.807) is 6.07 Å². The molecule has 0 aliphatic rings. The number of nitrogens with two attached hydrogens (primary N) is 1. The van der Waals surface area contributed by atoms with Crippen molar-refractivity contribution in [1.29, 1.82) is 0 Å². The van der Waals surface area contributed by atoms with E-state index in [2.05, 4.69) is 15.9 Å². The summed E-state index contributed by atoms with van der Waals surface area (Å²) in [6.07, 6.45) is 0. The van der Waals surface area contributed by atoms with Crippen molar-refractivity contribution in [2.75, 3.05) is 6.54 Å². The van der Waals surface area contributed by atoms with Crippen LogP contribution in [0.1, 0.15) is 0 Å². The van der Waals surface area contributed by atoms with E-state index in [0.29, 0.717) is 18.7 Å².